The zero-order chi connectivity index (χ0) is 13.8. The highest BCUT2D eigenvalue weighted by atomic mass is 35.5. The first-order valence-electron chi connectivity index (χ1n) is 6.29. The van der Waals surface area contributed by atoms with Crippen molar-refractivity contribution in [1.29, 1.82) is 0 Å². The Balaban J connectivity index is 2.08. The highest BCUT2D eigenvalue weighted by molar-refractivity contribution is 6.30. The number of aliphatic hydroxyl groups is 1. The predicted octanol–water partition coefficient (Wildman–Crippen LogP) is 3.63. The smallest absolute Gasteiger partial charge is 0.120 e. The number of aryl methyl sites for hydroxylation is 1. The molecule has 19 heavy (non-hydrogen) atoms. The molecule has 1 aromatic carbocycles. The molecule has 0 aliphatic rings. The van der Waals surface area contributed by atoms with Gasteiger partial charge in [-0.2, -0.15) is 0 Å². The van der Waals surface area contributed by atoms with Crippen LogP contribution in [0.2, 0.25) is 5.02 Å². The Labute approximate surface area is 118 Å². The fourth-order valence-electron chi connectivity index (χ4n) is 2.02. The molecular weight excluding hydrogens is 262 g/mol. The highest BCUT2D eigenvalue weighted by Crippen LogP contribution is 2.22. The maximum absolute atomic E-state index is 9.52. The van der Waals surface area contributed by atoms with Crippen LogP contribution in [0.5, 0.6) is 0 Å². The van der Waals surface area contributed by atoms with Crippen molar-refractivity contribution in [1.82, 2.24) is 5.32 Å². The summed E-state index contributed by atoms with van der Waals surface area (Å²) in [5, 5.41) is 13.6. The Morgan fingerprint density at radius 2 is 1.89 bits per heavy atom. The summed E-state index contributed by atoms with van der Waals surface area (Å²) in [7, 11) is 0. The number of benzene rings is 1. The van der Waals surface area contributed by atoms with Crippen molar-refractivity contribution in [2.75, 3.05) is 6.61 Å². The molecule has 2 N–H and O–H groups in total. The lowest BCUT2D eigenvalue weighted by atomic mass is 10.1. The van der Waals surface area contributed by atoms with Crippen molar-refractivity contribution in [3.8, 4) is 0 Å². The van der Waals surface area contributed by atoms with Gasteiger partial charge in [0.1, 0.15) is 11.5 Å². The minimum atomic E-state index is -0.141. The van der Waals surface area contributed by atoms with E-state index in [1.54, 1.807) is 0 Å². The van der Waals surface area contributed by atoms with E-state index in [0.717, 1.165) is 17.1 Å². The second-order valence-corrected chi connectivity index (χ2v) is 5.06. The maximum Gasteiger partial charge on any atom is 0.120 e. The number of hydrogen-bond acceptors (Lipinski definition) is 3. The maximum atomic E-state index is 9.52. The lowest BCUT2D eigenvalue weighted by Gasteiger charge is -2.21. The Bertz CT molecular complexity index is 521. The van der Waals surface area contributed by atoms with E-state index >= 15 is 0 Å². The SMILES string of the molecule is Cc1ccc([C@H](C)N[C@H](CO)c2ccc(Cl)cc2)o1. The summed E-state index contributed by atoms with van der Waals surface area (Å²) >= 11 is 5.87. The van der Waals surface area contributed by atoms with Gasteiger partial charge in [0, 0.05) is 5.02 Å². The normalized spacial score (nSPS) is 14.3. The van der Waals surface area contributed by atoms with E-state index in [1.165, 1.54) is 0 Å². The third-order valence-electron chi connectivity index (χ3n) is 3.09. The molecule has 0 saturated carbocycles. The lowest BCUT2D eigenvalue weighted by Crippen LogP contribution is -2.27. The lowest BCUT2D eigenvalue weighted by molar-refractivity contribution is 0.230. The molecule has 3 nitrogen and oxygen atoms in total. The average Bonchev–Trinajstić information content (AvgIpc) is 2.84. The molecule has 4 heteroatoms. The first-order valence-corrected chi connectivity index (χ1v) is 6.66. The van der Waals surface area contributed by atoms with Crippen molar-refractivity contribution < 1.29 is 9.52 Å². The summed E-state index contributed by atoms with van der Waals surface area (Å²) in [5.41, 5.74) is 1.00. The van der Waals surface area contributed by atoms with E-state index in [-0.39, 0.29) is 18.7 Å². The van der Waals surface area contributed by atoms with E-state index in [4.69, 9.17) is 16.0 Å². The van der Waals surface area contributed by atoms with Crippen LogP contribution in [0.25, 0.3) is 0 Å². The molecule has 1 aromatic heterocycles. The van der Waals surface area contributed by atoms with Crippen LogP contribution in [0.3, 0.4) is 0 Å². The van der Waals surface area contributed by atoms with Gasteiger partial charge in [0.2, 0.25) is 0 Å². The van der Waals surface area contributed by atoms with Crippen LogP contribution in [0.1, 0.15) is 36.1 Å². The van der Waals surface area contributed by atoms with E-state index in [9.17, 15) is 5.11 Å². The predicted molar refractivity (Wildman–Crippen MR) is 76.3 cm³/mol. The number of aliphatic hydroxyl groups excluding tert-OH is 1. The third-order valence-corrected chi connectivity index (χ3v) is 3.35. The van der Waals surface area contributed by atoms with Crippen LogP contribution < -0.4 is 5.32 Å². The van der Waals surface area contributed by atoms with Gasteiger partial charge < -0.3 is 9.52 Å². The van der Waals surface area contributed by atoms with Crippen molar-refractivity contribution in [3.05, 3.63) is 58.5 Å². The molecule has 2 atom stereocenters. The Morgan fingerprint density at radius 1 is 1.21 bits per heavy atom. The van der Waals surface area contributed by atoms with Gasteiger partial charge in [-0.3, -0.25) is 5.32 Å². The average molecular weight is 280 g/mol. The molecule has 0 fully saturated rings. The van der Waals surface area contributed by atoms with Gasteiger partial charge in [-0.15, -0.1) is 0 Å². The van der Waals surface area contributed by atoms with Gasteiger partial charge in [0.25, 0.3) is 0 Å². The largest absolute Gasteiger partial charge is 0.465 e. The quantitative estimate of drug-likeness (QED) is 0.878. The number of rotatable bonds is 5. The van der Waals surface area contributed by atoms with Crippen LogP contribution in [0.4, 0.5) is 0 Å². The number of hydrogen-bond donors (Lipinski definition) is 2. The zero-order valence-electron chi connectivity index (χ0n) is 11.1. The zero-order valence-corrected chi connectivity index (χ0v) is 11.8. The van der Waals surface area contributed by atoms with Gasteiger partial charge >= 0.3 is 0 Å². The molecule has 0 spiro atoms. The van der Waals surface area contributed by atoms with Crippen LogP contribution in [-0.4, -0.2) is 11.7 Å². The van der Waals surface area contributed by atoms with Crippen LogP contribution in [-0.2, 0) is 0 Å². The topological polar surface area (TPSA) is 45.4 Å². The van der Waals surface area contributed by atoms with Crippen LogP contribution >= 0.6 is 11.6 Å². The molecular formula is C15H18ClNO2. The fraction of sp³-hybridized carbons (Fsp3) is 0.333. The van der Waals surface area contributed by atoms with Crippen LogP contribution in [0, 0.1) is 6.92 Å². The molecule has 0 amide bonds. The molecule has 2 aromatic rings. The molecule has 1 heterocycles. The van der Waals surface area contributed by atoms with Gasteiger partial charge in [0.05, 0.1) is 18.7 Å². The number of nitrogens with one attached hydrogen (secondary N) is 1. The Kier molecular flexibility index (Phi) is 4.64. The molecule has 2 rings (SSSR count). The minimum absolute atomic E-state index is 0.0195. The fourth-order valence-corrected chi connectivity index (χ4v) is 2.15. The van der Waals surface area contributed by atoms with Crippen molar-refractivity contribution >= 4 is 11.6 Å². The highest BCUT2D eigenvalue weighted by Gasteiger charge is 2.16. The van der Waals surface area contributed by atoms with Gasteiger partial charge in [-0.25, -0.2) is 0 Å². The van der Waals surface area contributed by atoms with Gasteiger partial charge in [-0.05, 0) is 43.7 Å². The van der Waals surface area contributed by atoms with E-state index in [2.05, 4.69) is 5.32 Å². The van der Waals surface area contributed by atoms with Gasteiger partial charge in [0.15, 0.2) is 0 Å². The summed E-state index contributed by atoms with van der Waals surface area (Å²) in [5.74, 6) is 1.75. The molecule has 0 aliphatic heterocycles. The Morgan fingerprint density at radius 3 is 2.42 bits per heavy atom. The van der Waals surface area contributed by atoms with Crippen LogP contribution in [0.15, 0.2) is 40.8 Å². The van der Waals surface area contributed by atoms with E-state index in [0.29, 0.717) is 5.02 Å². The summed E-state index contributed by atoms with van der Waals surface area (Å²) in [6.07, 6.45) is 0. The summed E-state index contributed by atoms with van der Waals surface area (Å²) in [6, 6.07) is 11.2. The van der Waals surface area contributed by atoms with Crippen molar-refractivity contribution in [2.45, 2.75) is 25.9 Å². The summed E-state index contributed by atoms with van der Waals surface area (Å²) in [6.45, 7) is 3.95. The standard InChI is InChI=1S/C15H18ClNO2/c1-10-3-8-15(19-10)11(2)17-14(9-18)12-4-6-13(16)7-5-12/h3-8,11,14,17-18H,9H2,1-2H3/t11-,14+/m0/s1. The third kappa shape index (κ3) is 3.60. The van der Waals surface area contributed by atoms with E-state index in [1.807, 2.05) is 50.2 Å². The van der Waals surface area contributed by atoms with E-state index < -0.39 is 0 Å². The minimum Gasteiger partial charge on any atom is -0.465 e. The molecule has 0 unspecified atom stereocenters. The van der Waals surface area contributed by atoms with Crippen molar-refractivity contribution in [2.24, 2.45) is 0 Å². The molecule has 102 valence electrons. The number of furan rings is 1. The first-order chi connectivity index (χ1) is 9.10. The molecule has 0 aliphatic carbocycles. The first kappa shape index (κ1) is 14.1. The van der Waals surface area contributed by atoms with Gasteiger partial charge in [-0.1, -0.05) is 23.7 Å². The molecule has 0 saturated heterocycles. The molecule has 0 radical (unpaired) electrons. The second kappa shape index (κ2) is 6.24. The second-order valence-electron chi connectivity index (χ2n) is 4.62. The Hall–Kier alpha value is -1.29. The summed E-state index contributed by atoms with van der Waals surface area (Å²) in [4.78, 5) is 0. The van der Waals surface area contributed by atoms with Crippen molar-refractivity contribution in [3.63, 3.8) is 0 Å². The number of halogens is 1. The molecule has 0 bridgehead atoms. The monoisotopic (exact) mass is 279 g/mol. The summed E-state index contributed by atoms with van der Waals surface area (Å²) < 4.78 is 5.58.